The van der Waals surface area contributed by atoms with Crippen LogP contribution < -0.4 is 36.6 Å². The third kappa shape index (κ3) is 10.1. The van der Waals surface area contributed by atoms with E-state index in [2.05, 4.69) is 82.0 Å². The maximum Gasteiger partial charge on any atom is 0.142 e. The minimum absolute atomic E-state index is 0.0559. The number of nitriles is 1. The number of hydrogen-bond acceptors (Lipinski definition) is 10. The van der Waals surface area contributed by atoms with Crippen LogP contribution in [0.15, 0.2) is 72.1 Å². The van der Waals surface area contributed by atoms with Gasteiger partial charge in [0.15, 0.2) is 0 Å². The van der Waals surface area contributed by atoms with Gasteiger partial charge in [-0.05, 0) is 92.2 Å². The monoisotopic (exact) mass is 724 g/mol. The minimum Gasteiger partial charge on any atom is -0.493 e. The molecule has 1 aliphatic heterocycles. The molecule has 6 N–H and O–H groups in total. The third-order valence-electron chi connectivity index (χ3n) is 9.43. The van der Waals surface area contributed by atoms with Gasteiger partial charge in [-0.3, -0.25) is 4.98 Å². The van der Waals surface area contributed by atoms with E-state index in [9.17, 15) is 5.26 Å². The van der Waals surface area contributed by atoms with Crippen LogP contribution in [0.5, 0.6) is 17.2 Å². The zero-order valence-corrected chi connectivity index (χ0v) is 31.0. The summed E-state index contributed by atoms with van der Waals surface area (Å²) in [6.07, 6.45) is 6.82. The SMILES string of the molecule is Cc1c(COc2cc(OCc3cncc(C#N)c3)c(CNCC(C)/C(=N/N)NN)cc2Cl)cccc1-c1cccc(OCCCN2CCCC2)c1C. The summed E-state index contributed by atoms with van der Waals surface area (Å²) in [5.74, 6) is 13.4. The number of rotatable bonds is 17. The van der Waals surface area contributed by atoms with Gasteiger partial charge in [0.2, 0.25) is 0 Å². The fourth-order valence-electron chi connectivity index (χ4n) is 6.40. The van der Waals surface area contributed by atoms with Crippen LogP contribution in [0.2, 0.25) is 5.02 Å². The third-order valence-corrected chi connectivity index (χ3v) is 9.73. The minimum atomic E-state index is -0.0559. The van der Waals surface area contributed by atoms with E-state index >= 15 is 0 Å². The van der Waals surface area contributed by atoms with Gasteiger partial charge in [-0.1, -0.05) is 48.9 Å². The second-order valence-electron chi connectivity index (χ2n) is 13.1. The summed E-state index contributed by atoms with van der Waals surface area (Å²) >= 11 is 6.82. The lowest BCUT2D eigenvalue weighted by Crippen LogP contribution is -2.40. The standard InChI is InChI=1S/C40H49ClN8O3/c1-27(40(47-43)48-44)21-45-24-33-18-36(41)39(19-38(33)51-25-31-17-30(20-42)22-46-23-31)52-26-32-9-6-10-34(28(32)2)35-11-7-12-37(29(35)3)50-16-8-15-49-13-4-5-14-49/h6-7,9-12,17-19,22-23,27,45H,4-5,8,13-16,21,24-26,43-44H2,1-3H3,(H,47,48). The molecule has 5 rings (SSSR count). The van der Waals surface area contributed by atoms with Crippen molar-refractivity contribution in [2.24, 2.45) is 22.7 Å². The summed E-state index contributed by atoms with van der Waals surface area (Å²) in [5, 5.41) is 16.9. The van der Waals surface area contributed by atoms with Crippen LogP contribution in [-0.4, -0.2) is 48.5 Å². The number of hydrogen-bond donors (Lipinski definition) is 4. The zero-order valence-electron chi connectivity index (χ0n) is 30.3. The first-order chi connectivity index (χ1) is 25.3. The Hall–Kier alpha value is -4.86. The maximum atomic E-state index is 9.32. The molecule has 0 amide bonds. The van der Waals surface area contributed by atoms with Gasteiger partial charge in [0.05, 0.1) is 17.2 Å². The summed E-state index contributed by atoms with van der Waals surface area (Å²) in [5.41, 5.74) is 10.1. The molecule has 0 aliphatic carbocycles. The maximum absolute atomic E-state index is 9.32. The van der Waals surface area contributed by atoms with Crippen LogP contribution in [-0.2, 0) is 19.8 Å². The number of benzene rings is 3. The molecule has 0 radical (unpaired) electrons. The van der Waals surface area contributed by atoms with Crippen molar-refractivity contribution in [2.75, 3.05) is 32.8 Å². The molecule has 0 saturated carbocycles. The molecule has 52 heavy (non-hydrogen) atoms. The normalized spacial score (nSPS) is 13.8. The molecule has 1 saturated heterocycles. The quantitative estimate of drug-likeness (QED) is 0.0317. The van der Waals surface area contributed by atoms with Crippen molar-refractivity contribution >= 4 is 17.4 Å². The molecule has 1 aromatic heterocycles. The van der Waals surface area contributed by atoms with E-state index in [4.69, 9.17) is 37.5 Å². The van der Waals surface area contributed by atoms with Crippen LogP contribution >= 0.6 is 11.6 Å². The van der Waals surface area contributed by atoms with Crippen LogP contribution in [0, 0.1) is 31.1 Å². The number of nitrogens with one attached hydrogen (secondary N) is 2. The van der Waals surface area contributed by atoms with E-state index in [0.717, 1.165) is 57.7 Å². The fraction of sp³-hybridized carbons (Fsp3) is 0.375. The summed E-state index contributed by atoms with van der Waals surface area (Å²) in [7, 11) is 0. The van der Waals surface area contributed by atoms with Crippen molar-refractivity contribution in [2.45, 2.75) is 59.8 Å². The van der Waals surface area contributed by atoms with Crippen molar-refractivity contribution in [1.82, 2.24) is 20.6 Å². The number of pyridine rings is 1. The Labute approximate surface area is 311 Å². The van der Waals surface area contributed by atoms with Crippen LogP contribution in [0.3, 0.4) is 0 Å². The van der Waals surface area contributed by atoms with Crippen molar-refractivity contribution in [3.8, 4) is 34.4 Å². The molecule has 0 spiro atoms. The molecule has 274 valence electrons. The van der Waals surface area contributed by atoms with Gasteiger partial charge < -0.3 is 35.7 Å². The zero-order chi connectivity index (χ0) is 36.9. The molecular weight excluding hydrogens is 676 g/mol. The van der Waals surface area contributed by atoms with Gasteiger partial charge in [0.25, 0.3) is 0 Å². The fourth-order valence-corrected chi connectivity index (χ4v) is 6.64. The van der Waals surface area contributed by atoms with Crippen molar-refractivity contribution < 1.29 is 14.2 Å². The topological polar surface area (TPSA) is 156 Å². The predicted molar refractivity (Wildman–Crippen MR) is 206 cm³/mol. The van der Waals surface area contributed by atoms with Gasteiger partial charge in [-0.2, -0.15) is 10.4 Å². The molecule has 3 aromatic carbocycles. The van der Waals surface area contributed by atoms with Gasteiger partial charge in [0.1, 0.15) is 42.4 Å². The lowest BCUT2D eigenvalue weighted by atomic mass is 9.93. The molecule has 1 atom stereocenters. The Balaban J connectivity index is 1.30. The van der Waals surface area contributed by atoms with Crippen molar-refractivity contribution in [3.05, 3.63) is 105 Å². The van der Waals surface area contributed by atoms with Crippen molar-refractivity contribution in [1.29, 1.82) is 5.26 Å². The molecule has 2 heterocycles. The number of ether oxygens (including phenoxy) is 3. The van der Waals surface area contributed by atoms with E-state index in [1.807, 2.05) is 19.1 Å². The van der Waals surface area contributed by atoms with Crippen LogP contribution in [0.4, 0.5) is 0 Å². The number of amidine groups is 1. The number of hydrazine groups is 1. The molecule has 1 unspecified atom stereocenters. The molecule has 1 fully saturated rings. The second kappa shape index (κ2) is 19.1. The van der Waals surface area contributed by atoms with Gasteiger partial charge >= 0.3 is 0 Å². The predicted octanol–water partition coefficient (Wildman–Crippen LogP) is 6.37. The van der Waals surface area contributed by atoms with Crippen molar-refractivity contribution in [3.63, 3.8) is 0 Å². The average Bonchev–Trinajstić information content (AvgIpc) is 3.68. The number of hydrazone groups is 1. The lowest BCUT2D eigenvalue weighted by molar-refractivity contribution is 0.262. The number of halogens is 1. The second-order valence-corrected chi connectivity index (χ2v) is 13.5. The van der Waals surface area contributed by atoms with E-state index in [-0.39, 0.29) is 12.5 Å². The number of nitrogens with zero attached hydrogens (tertiary/aromatic N) is 4. The first-order valence-electron chi connectivity index (χ1n) is 17.7. The van der Waals surface area contributed by atoms with E-state index in [0.29, 0.717) is 54.2 Å². The van der Waals surface area contributed by atoms with Crippen LogP contribution in [0.25, 0.3) is 11.1 Å². The first-order valence-corrected chi connectivity index (χ1v) is 18.1. The largest absolute Gasteiger partial charge is 0.493 e. The van der Waals surface area contributed by atoms with E-state index in [1.165, 1.54) is 32.1 Å². The molecule has 4 aromatic rings. The molecule has 12 heteroatoms. The van der Waals surface area contributed by atoms with Gasteiger partial charge in [-0.25, -0.2) is 5.84 Å². The average molecular weight is 725 g/mol. The Kier molecular flexibility index (Phi) is 14.1. The summed E-state index contributed by atoms with van der Waals surface area (Å²) in [4.78, 5) is 6.67. The molecule has 11 nitrogen and oxygen atoms in total. The number of likely N-dealkylation sites (tertiary alicyclic amines) is 1. The Morgan fingerprint density at radius 2 is 1.71 bits per heavy atom. The Morgan fingerprint density at radius 3 is 2.46 bits per heavy atom. The van der Waals surface area contributed by atoms with Gasteiger partial charge in [0, 0.05) is 55.1 Å². The first kappa shape index (κ1) is 38.4. The highest BCUT2D eigenvalue weighted by atomic mass is 35.5. The molecule has 1 aliphatic rings. The van der Waals surface area contributed by atoms with E-state index in [1.54, 1.807) is 12.3 Å². The number of aromatic nitrogens is 1. The summed E-state index contributed by atoms with van der Waals surface area (Å²) in [6, 6.07) is 20.1. The Morgan fingerprint density at radius 1 is 0.962 bits per heavy atom. The molecular formula is C40H49ClN8O3. The van der Waals surface area contributed by atoms with Gasteiger partial charge in [-0.15, -0.1) is 0 Å². The highest BCUT2D eigenvalue weighted by Crippen LogP contribution is 2.36. The smallest absolute Gasteiger partial charge is 0.142 e. The Bertz CT molecular complexity index is 1870. The van der Waals surface area contributed by atoms with Crippen LogP contribution in [0.1, 0.15) is 59.6 Å². The number of nitrogens with two attached hydrogens (primary N) is 2. The molecule has 0 bridgehead atoms. The van der Waals surface area contributed by atoms with E-state index < -0.39 is 0 Å². The summed E-state index contributed by atoms with van der Waals surface area (Å²) < 4.78 is 18.9. The lowest BCUT2D eigenvalue weighted by Gasteiger charge is -2.19. The highest BCUT2D eigenvalue weighted by Gasteiger charge is 2.17. The summed E-state index contributed by atoms with van der Waals surface area (Å²) in [6.45, 7) is 11.9. The highest BCUT2D eigenvalue weighted by molar-refractivity contribution is 6.32.